The highest BCUT2D eigenvalue weighted by Crippen LogP contribution is 2.21. The quantitative estimate of drug-likeness (QED) is 0.874. The molecule has 106 valence electrons. The average Bonchev–Trinajstić information content (AvgIpc) is 2.44. The monoisotopic (exact) mass is 277 g/mol. The molecule has 0 radical (unpaired) electrons. The molecule has 4 heteroatoms. The minimum atomic E-state index is -0.839. The van der Waals surface area contributed by atoms with Gasteiger partial charge in [0.1, 0.15) is 0 Å². The number of halogens is 2. The molecule has 2 nitrogen and oxygen atoms in total. The minimum absolute atomic E-state index is 0.123. The summed E-state index contributed by atoms with van der Waals surface area (Å²) in [7, 11) is 0. The standard InChI is InChI=1S/C16H17F2NO/c1-11(13-4-7-15(17)16(18)10-13)19-14-5-2-12(3-6-14)8-9-20/h2-7,10-11,19-20H,8-9H2,1H3. The molecule has 2 aromatic rings. The molecular formula is C16H17F2NO. The number of anilines is 1. The fourth-order valence-electron chi connectivity index (χ4n) is 2.01. The van der Waals surface area contributed by atoms with Crippen molar-refractivity contribution in [2.45, 2.75) is 19.4 Å². The first-order valence-corrected chi connectivity index (χ1v) is 6.51. The molecule has 20 heavy (non-hydrogen) atoms. The summed E-state index contributed by atoms with van der Waals surface area (Å²) in [5, 5.41) is 12.1. The number of aliphatic hydroxyl groups excluding tert-OH is 1. The van der Waals surface area contributed by atoms with Crippen LogP contribution in [0.4, 0.5) is 14.5 Å². The Hall–Kier alpha value is -1.94. The lowest BCUT2D eigenvalue weighted by atomic mass is 10.1. The number of benzene rings is 2. The van der Waals surface area contributed by atoms with Crippen LogP contribution in [0.25, 0.3) is 0 Å². The molecule has 0 aliphatic carbocycles. The Morgan fingerprint density at radius 2 is 1.75 bits per heavy atom. The van der Waals surface area contributed by atoms with E-state index in [-0.39, 0.29) is 12.6 Å². The zero-order chi connectivity index (χ0) is 14.5. The maximum atomic E-state index is 13.2. The summed E-state index contributed by atoms with van der Waals surface area (Å²) in [4.78, 5) is 0. The zero-order valence-corrected chi connectivity index (χ0v) is 11.2. The van der Waals surface area contributed by atoms with Crippen molar-refractivity contribution in [2.24, 2.45) is 0 Å². The summed E-state index contributed by atoms with van der Waals surface area (Å²) in [5.41, 5.74) is 2.63. The van der Waals surface area contributed by atoms with Crippen molar-refractivity contribution in [3.05, 3.63) is 65.2 Å². The summed E-state index contributed by atoms with van der Waals surface area (Å²) >= 11 is 0. The maximum absolute atomic E-state index is 13.2. The van der Waals surface area contributed by atoms with E-state index in [2.05, 4.69) is 5.32 Å². The van der Waals surface area contributed by atoms with Crippen LogP contribution in [0.5, 0.6) is 0 Å². The molecule has 0 amide bonds. The Morgan fingerprint density at radius 1 is 1.05 bits per heavy atom. The van der Waals surface area contributed by atoms with Gasteiger partial charge in [-0.1, -0.05) is 18.2 Å². The van der Waals surface area contributed by atoms with Gasteiger partial charge in [0, 0.05) is 18.3 Å². The second-order valence-electron chi connectivity index (χ2n) is 4.71. The van der Waals surface area contributed by atoms with Gasteiger partial charge in [0.05, 0.1) is 0 Å². The third-order valence-corrected chi connectivity index (χ3v) is 3.18. The summed E-state index contributed by atoms with van der Waals surface area (Å²) in [6, 6.07) is 11.4. The fraction of sp³-hybridized carbons (Fsp3) is 0.250. The van der Waals surface area contributed by atoms with Crippen LogP contribution in [0.3, 0.4) is 0 Å². The van der Waals surface area contributed by atoms with E-state index in [1.807, 2.05) is 31.2 Å². The average molecular weight is 277 g/mol. The van der Waals surface area contributed by atoms with Crippen LogP contribution in [-0.2, 0) is 6.42 Å². The third-order valence-electron chi connectivity index (χ3n) is 3.18. The van der Waals surface area contributed by atoms with E-state index in [1.165, 1.54) is 6.07 Å². The summed E-state index contributed by atoms with van der Waals surface area (Å²) in [5.74, 6) is -1.68. The normalized spacial score (nSPS) is 12.2. The maximum Gasteiger partial charge on any atom is 0.159 e. The predicted octanol–water partition coefficient (Wildman–Crippen LogP) is 3.67. The lowest BCUT2D eigenvalue weighted by molar-refractivity contribution is 0.299. The molecule has 0 aliphatic heterocycles. The molecule has 2 rings (SSSR count). The van der Waals surface area contributed by atoms with Crippen molar-refractivity contribution in [2.75, 3.05) is 11.9 Å². The van der Waals surface area contributed by atoms with Crippen molar-refractivity contribution in [1.29, 1.82) is 0 Å². The molecule has 1 atom stereocenters. The molecule has 0 fully saturated rings. The van der Waals surface area contributed by atoms with Crippen molar-refractivity contribution in [1.82, 2.24) is 0 Å². The Kier molecular flexibility index (Phi) is 4.69. The highest BCUT2D eigenvalue weighted by atomic mass is 19.2. The molecular weight excluding hydrogens is 260 g/mol. The Bertz CT molecular complexity index is 569. The molecule has 1 unspecified atom stereocenters. The number of aliphatic hydroxyl groups is 1. The second kappa shape index (κ2) is 6.48. The van der Waals surface area contributed by atoms with Crippen LogP contribution in [0.1, 0.15) is 24.1 Å². The van der Waals surface area contributed by atoms with E-state index < -0.39 is 11.6 Å². The fourth-order valence-corrected chi connectivity index (χ4v) is 2.01. The summed E-state index contributed by atoms with van der Waals surface area (Å²) in [6.07, 6.45) is 0.624. The minimum Gasteiger partial charge on any atom is -0.396 e. The Balaban J connectivity index is 2.06. The van der Waals surface area contributed by atoms with Crippen LogP contribution in [0.15, 0.2) is 42.5 Å². The van der Waals surface area contributed by atoms with Gasteiger partial charge in [0.15, 0.2) is 11.6 Å². The van der Waals surface area contributed by atoms with E-state index in [0.29, 0.717) is 12.0 Å². The van der Waals surface area contributed by atoms with Gasteiger partial charge in [0.2, 0.25) is 0 Å². The molecule has 2 aromatic carbocycles. The lowest BCUT2D eigenvalue weighted by Crippen LogP contribution is -2.07. The number of hydrogen-bond acceptors (Lipinski definition) is 2. The van der Waals surface area contributed by atoms with Crippen LogP contribution >= 0.6 is 0 Å². The zero-order valence-electron chi connectivity index (χ0n) is 11.2. The van der Waals surface area contributed by atoms with Crippen LogP contribution in [-0.4, -0.2) is 11.7 Å². The van der Waals surface area contributed by atoms with Gasteiger partial charge in [-0.2, -0.15) is 0 Å². The molecule has 0 saturated heterocycles. The first-order chi connectivity index (χ1) is 9.60. The smallest absolute Gasteiger partial charge is 0.159 e. The molecule has 0 heterocycles. The molecule has 0 aromatic heterocycles. The summed E-state index contributed by atoms with van der Waals surface area (Å²) in [6.45, 7) is 2.01. The van der Waals surface area contributed by atoms with Gasteiger partial charge < -0.3 is 10.4 Å². The SMILES string of the molecule is CC(Nc1ccc(CCO)cc1)c1ccc(F)c(F)c1. The van der Waals surface area contributed by atoms with Gasteiger partial charge in [-0.3, -0.25) is 0 Å². The number of nitrogens with one attached hydrogen (secondary N) is 1. The molecule has 0 aliphatic rings. The van der Waals surface area contributed by atoms with E-state index in [4.69, 9.17) is 5.11 Å². The van der Waals surface area contributed by atoms with Crippen LogP contribution < -0.4 is 5.32 Å². The van der Waals surface area contributed by atoms with Gasteiger partial charge in [-0.15, -0.1) is 0 Å². The Labute approximate surface area is 117 Å². The van der Waals surface area contributed by atoms with Crippen LogP contribution in [0.2, 0.25) is 0 Å². The van der Waals surface area contributed by atoms with E-state index in [0.717, 1.165) is 17.3 Å². The summed E-state index contributed by atoms with van der Waals surface area (Å²) < 4.78 is 26.1. The van der Waals surface area contributed by atoms with Gasteiger partial charge in [-0.25, -0.2) is 8.78 Å². The predicted molar refractivity (Wildman–Crippen MR) is 75.6 cm³/mol. The lowest BCUT2D eigenvalue weighted by Gasteiger charge is -2.16. The number of hydrogen-bond donors (Lipinski definition) is 2. The molecule has 2 N–H and O–H groups in total. The van der Waals surface area contributed by atoms with E-state index >= 15 is 0 Å². The van der Waals surface area contributed by atoms with Crippen molar-refractivity contribution >= 4 is 5.69 Å². The van der Waals surface area contributed by atoms with Crippen molar-refractivity contribution in [3.63, 3.8) is 0 Å². The highest BCUT2D eigenvalue weighted by molar-refractivity contribution is 5.46. The topological polar surface area (TPSA) is 32.3 Å². The number of rotatable bonds is 5. The molecule has 0 spiro atoms. The van der Waals surface area contributed by atoms with Gasteiger partial charge >= 0.3 is 0 Å². The third kappa shape index (κ3) is 3.54. The first kappa shape index (κ1) is 14.5. The van der Waals surface area contributed by atoms with E-state index in [1.54, 1.807) is 6.07 Å². The highest BCUT2D eigenvalue weighted by Gasteiger charge is 2.09. The van der Waals surface area contributed by atoms with Crippen molar-refractivity contribution < 1.29 is 13.9 Å². The van der Waals surface area contributed by atoms with Crippen LogP contribution in [0, 0.1) is 11.6 Å². The first-order valence-electron chi connectivity index (χ1n) is 6.51. The van der Waals surface area contributed by atoms with Crippen molar-refractivity contribution in [3.8, 4) is 0 Å². The van der Waals surface area contributed by atoms with Gasteiger partial charge in [-0.05, 0) is 48.7 Å². The van der Waals surface area contributed by atoms with E-state index in [9.17, 15) is 8.78 Å². The Morgan fingerprint density at radius 3 is 2.35 bits per heavy atom. The molecule has 0 saturated carbocycles. The molecule has 0 bridgehead atoms. The largest absolute Gasteiger partial charge is 0.396 e. The van der Waals surface area contributed by atoms with Gasteiger partial charge in [0.25, 0.3) is 0 Å². The second-order valence-corrected chi connectivity index (χ2v) is 4.71.